The standard InChI is InChI=1S/C12H19N5O3/c1-3-4-12(9(18)19)5-6-17(7-12)11(20)15-10-13-8-14-16(10)2/h8H,3-7H2,1-2H3,(H,18,19)(H,13,14,15,20). The first-order valence-corrected chi connectivity index (χ1v) is 6.62. The average molecular weight is 281 g/mol. The molecule has 2 N–H and O–H groups in total. The Morgan fingerprint density at radius 2 is 2.30 bits per heavy atom. The Balaban J connectivity index is 2.03. The van der Waals surface area contributed by atoms with Crippen molar-refractivity contribution < 1.29 is 14.7 Å². The van der Waals surface area contributed by atoms with Crippen LogP contribution in [0.2, 0.25) is 0 Å². The van der Waals surface area contributed by atoms with Crippen LogP contribution in [0, 0.1) is 5.41 Å². The fourth-order valence-corrected chi connectivity index (χ4v) is 2.59. The molecule has 110 valence electrons. The number of amides is 2. The summed E-state index contributed by atoms with van der Waals surface area (Å²) in [4.78, 5) is 29.0. The summed E-state index contributed by atoms with van der Waals surface area (Å²) in [7, 11) is 1.67. The van der Waals surface area contributed by atoms with Gasteiger partial charge in [-0.2, -0.15) is 10.1 Å². The molecule has 0 aromatic carbocycles. The van der Waals surface area contributed by atoms with Crippen LogP contribution in [-0.2, 0) is 11.8 Å². The van der Waals surface area contributed by atoms with Crippen molar-refractivity contribution in [2.75, 3.05) is 18.4 Å². The summed E-state index contributed by atoms with van der Waals surface area (Å²) >= 11 is 0. The van der Waals surface area contributed by atoms with E-state index < -0.39 is 11.4 Å². The number of carbonyl (C=O) groups is 2. The summed E-state index contributed by atoms with van der Waals surface area (Å²) in [5.41, 5.74) is -0.814. The minimum Gasteiger partial charge on any atom is -0.481 e. The van der Waals surface area contributed by atoms with Gasteiger partial charge in [0.1, 0.15) is 6.33 Å². The highest BCUT2D eigenvalue weighted by atomic mass is 16.4. The van der Waals surface area contributed by atoms with Crippen molar-refractivity contribution in [3.63, 3.8) is 0 Å². The minimum atomic E-state index is -0.826. The van der Waals surface area contributed by atoms with Crippen LogP contribution < -0.4 is 5.32 Å². The molecule has 8 heteroatoms. The third kappa shape index (κ3) is 2.59. The van der Waals surface area contributed by atoms with Crippen molar-refractivity contribution in [2.24, 2.45) is 12.5 Å². The van der Waals surface area contributed by atoms with Crippen molar-refractivity contribution in [3.8, 4) is 0 Å². The number of anilines is 1. The lowest BCUT2D eigenvalue weighted by Crippen LogP contribution is -2.39. The number of carbonyl (C=O) groups excluding carboxylic acids is 1. The Kier molecular flexibility index (Phi) is 3.91. The molecule has 1 aliphatic heterocycles. The van der Waals surface area contributed by atoms with E-state index in [-0.39, 0.29) is 12.6 Å². The molecular formula is C12H19N5O3. The van der Waals surface area contributed by atoms with Crippen molar-refractivity contribution in [3.05, 3.63) is 6.33 Å². The van der Waals surface area contributed by atoms with Gasteiger partial charge in [-0.05, 0) is 12.8 Å². The summed E-state index contributed by atoms with van der Waals surface area (Å²) in [6.45, 7) is 2.63. The van der Waals surface area contributed by atoms with Gasteiger partial charge in [-0.1, -0.05) is 13.3 Å². The molecule has 0 spiro atoms. The number of nitrogens with zero attached hydrogens (tertiary/aromatic N) is 4. The molecule has 2 heterocycles. The van der Waals surface area contributed by atoms with Crippen LogP contribution in [0.25, 0.3) is 0 Å². The lowest BCUT2D eigenvalue weighted by molar-refractivity contribution is -0.148. The minimum absolute atomic E-state index is 0.236. The van der Waals surface area contributed by atoms with Gasteiger partial charge in [-0.15, -0.1) is 0 Å². The Bertz CT molecular complexity index is 515. The fourth-order valence-electron chi connectivity index (χ4n) is 2.59. The number of aliphatic carboxylic acids is 1. The summed E-state index contributed by atoms with van der Waals surface area (Å²) in [6.07, 6.45) is 3.20. The lowest BCUT2D eigenvalue weighted by atomic mass is 9.83. The van der Waals surface area contributed by atoms with Gasteiger partial charge in [0.25, 0.3) is 0 Å². The van der Waals surface area contributed by atoms with Gasteiger partial charge >= 0.3 is 12.0 Å². The smallest absolute Gasteiger partial charge is 0.324 e. The van der Waals surface area contributed by atoms with Crippen molar-refractivity contribution >= 4 is 17.9 Å². The van der Waals surface area contributed by atoms with Crippen molar-refractivity contribution in [2.45, 2.75) is 26.2 Å². The largest absolute Gasteiger partial charge is 0.481 e. The highest BCUT2D eigenvalue weighted by Crippen LogP contribution is 2.35. The van der Waals surface area contributed by atoms with Gasteiger partial charge in [0, 0.05) is 20.1 Å². The number of rotatable bonds is 4. The SMILES string of the molecule is CCCC1(C(=O)O)CCN(C(=O)Nc2ncnn2C)C1. The average Bonchev–Trinajstić information content (AvgIpc) is 2.98. The van der Waals surface area contributed by atoms with Crippen LogP contribution in [-0.4, -0.2) is 49.9 Å². The highest BCUT2D eigenvalue weighted by molar-refractivity contribution is 5.88. The number of aromatic nitrogens is 3. The molecule has 0 saturated carbocycles. The van der Waals surface area contributed by atoms with E-state index in [1.807, 2.05) is 6.92 Å². The van der Waals surface area contributed by atoms with Crippen LogP contribution in [0.1, 0.15) is 26.2 Å². The summed E-state index contributed by atoms with van der Waals surface area (Å²) in [5, 5.41) is 15.9. The predicted molar refractivity (Wildman–Crippen MR) is 71.2 cm³/mol. The zero-order chi connectivity index (χ0) is 14.8. The van der Waals surface area contributed by atoms with Gasteiger partial charge in [0.2, 0.25) is 5.95 Å². The zero-order valence-electron chi connectivity index (χ0n) is 11.7. The molecule has 1 aromatic heterocycles. The van der Waals surface area contributed by atoms with Crippen LogP contribution in [0.4, 0.5) is 10.7 Å². The lowest BCUT2D eigenvalue weighted by Gasteiger charge is -2.24. The number of nitrogens with one attached hydrogen (secondary N) is 1. The van der Waals surface area contributed by atoms with Gasteiger partial charge in [-0.25, -0.2) is 9.48 Å². The molecule has 1 saturated heterocycles. The number of hydrogen-bond donors (Lipinski definition) is 2. The molecule has 1 aromatic rings. The maximum absolute atomic E-state index is 12.1. The molecule has 1 fully saturated rings. The number of carboxylic acids is 1. The Morgan fingerprint density at radius 1 is 1.55 bits per heavy atom. The molecule has 0 radical (unpaired) electrons. The first-order valence-electron chi connectivity index (χ1n) is 6.62. The first-order chi connectivity index (χ1) is 9.48. The molecule has 2 rings (SSSR count). The van der Waals surface area contributed by atoms with E-state index >= 15 is 0 Å². The second kappa shape index (κ2) is 5.48. The van der Waals surface area contributed by atoms with Gasteiger partial charge in [0.15, 0.2) is 0 Å². The van der Waals surface area contributed by atoms with Crippen molar-refractivity contribution in [1.82, 2.24) is 19.7 Å². The summed E-state index contributed by atoms with van der Waals surface area (Å²) in [5.74, 6) is -0.480. The number of urea groups is 1. The van der Waals surface area contributed by atoms with Crippen LogP contribution >= 0.6 is 0 Å². The quantitative estimate of drug-likeness (QED) is 0.854. The van der Waals surface area contributed by atoms with Gasteiger partial charge in [0.05, 0.1) is 5.41 Å². The first kappa shape index (κ1) is 14.3. The fraction of sp³-hybridized carbons (Fsp3) is 0.667. The number of carboxylic acid groups (broad SMARTS) is 1. The van der Waals surface area contributed by atoms with E-state index in [4.69, 9.17) is 0 Å². The predicted octanol–water partition coefficient (Wildman–Crippen LogP) is 0.924. The van der Waals surface area contributed by atoms with Crippen LogP contribution in [0.3, 0.4) is 0 Å². The van der Waals surface area contributed by atoms with E-state index in [9.17, 15) is 14.7 Å². The molecule has 8 nitrogen and oxygen atoms in total. The molecule has 0 bridgehead atoms. The van der Waals surface area contributed by atoms with Crippen LogP contribution in [0.15, 0.2) is 6.33 Å². The maximum Gasteiger partial charge on any atom is 0.324 e. The molecule has 2 amide bonds. The number of likely N-dealkylation sites (tertiary alicyclic amines) is 1. The highest BCUT2D eigenvalue weighted by Gasteiger charge is 2.45. The van der Waals surface area contributed by atoms with E-state index in [0.717, 1.165) is 6.42 Å². The number of hydrogen-bond acceptors (Lipinski definition) is 4. The molecule has 20 heavy (non-hydrogen) atoms. The summed E-state index contributed by atoms with van der Waals surface area (Å²) < 4.78 is 1.45. The molecular weight excluding hydrogens is 262 g/mol. The van der Waals surface area contributed by atoms with E-state index in [0.29, 0.717) is 25.3 Å². The Morgan fingerprint density at radius 3 is 2.85 bits per heavy atom. The topological polar surface area (TPSA) is 100 Å². The molecule has 1 aliphatic rings. The Labute approximate surface area is 116 Å². The van der Waals surface area contributed by atoms with Crippen LogP contribution in [0.5, 0.6) is 0 Å². The van der Waals surface area contributed by atoms with E-state index in [2.05, 4.69) is 15.4 Å². The monoisotopic (exact) mass is 281 g/mol. The van der Waals surface area contributed by atoms with Gasteiger partial charge < -0.3 is 10.0 Å². The second-order valence-corrected chi connectivity index (χ2v) is 5.14. The zero-order valence-corrected chi connectivity index (χ0v) is 11.7. The Hall–Kier alpha value is -2.12. The van der Waals surface area contributed by atoms with Gasteiger partial charge in [-0.3, -0.25) is 10.1 Å². The third-order valence-electron chi connectivity index (χ3n) is 3.75. The normalized spacial score (nSPS) is 22.0. The second-order valence-electron chi connectivity index (χ2n) is 5.14. The van der Waals surface area contributed by atoms with Crippen molar-refractivity contribution in [1.29, 1.82) is 0 Å². The van der Waals surface area contributed by atoms with E-state index in [1.165, 1.54) is 15.9 Å². The number of aryl methyl sites for hydroxylation is 1. The molecule has 1 atom stereocenters. The maximum atomic E-state index is 12.1. The summed E-state index contributed by atoms with van der Waals surface area (Å²) in [6, 6.07) is -0.333. The third-order valence-corrected chi connectivity index (χ3v) is 3.75. The van der Waals surface area contributed by atoms with E-state index in [1.54, 1.807) is 7.05 Å². The molecule has 1 unspecified atom stereocenters. The molecule has 0 aliphatic carbocycles.